The van der Waals surface area contributed by atoms with Gasteiger partial charge in [0.15, 0.2) is 0 Å². The molecular weight excluding hydrogens is 263 g/mol. The molecule has 1 nitrogen and oxygen atoms in total. The lowest BCUT2D eigenvalue weighted by Crippen LogP contribution is -1.91. The van der Waals surface area contributed by atoms with Crippen molar-refractivity contribution in [2.75, 3.05) is 6.61 Å². The molecule has 4 heteroatoms. The molecule has 0 saturated carbocycles. The normalized spacial score (nSPS) is 10.0. The van der Waals surface area contributed by atoms with Crippen LogP contribution < -0.4 is 4.74 Å². The molecule has 0 saturated heterocycles. The highest BCUT2D eigenvalue weighted by Crippen LogP contribution is 2.34. The van der Waals surface area contributed by atoms with Gasteiger partial charge in [-0.25, -0.2) is 0 Å². The number of benzene rings is 1. The van der Waals surface area contributed by atoms with Crippen LogP contribution in [-0.4, -0.2) is 6.61 Å². The zero-order chi connectivity index (χ0) is 9.14. The van der Waals surface area contributed by atoms with Gasteiger partial charge in [-0.1, -0.05) is 23.2 Å². The van der Waals surface area contributed by atoms with Crippen molar-refractivity contribution in [3.05, 3.63) is 26.7 Å². The molecule has 66 valence electrons. The fourth-order valence-corrected chi connectivity index (χ4v) is 1.65. The summed E-state index contributed by atoms with van der Waals surface area (Å²) in [5.74, 6) is 0.721. The quantitative estimate of drug-likeness (QED) is 0.733. The van der Waals surface area contributed by atoms with E-state index in [1.54, 1.807) is 12.1 Å². The molecule has 1 aromatic rings. The molecule has 0 atom stereocenters. The second kappa shape index (κ2) is 4.35. The van der Waals surface area contributed by atoms with Crippen molar-refractivity contribution in [1.29, 1.82) is 0 Å². The number of rotatable bonds is 2. The average Bonchev–Trinajstić information content (AvgIpc) is 2.01. The standard InChI is InChI=1S/C8H7BrCl2O/c1-2-12-5-3-6(9)8(11)7(10)4-5/h3-4H,2H2,1H3. The van der Waals surface area contributed by atoms with Gasteiger partial charge in [-0.05, 0) is 28.9 Å². The summed E-state index contributed by atoms with van der Waals surface area (Å²) in [4.78, 5) is 0. The van der Waals surface area contributed by atoms with Gasteiger partial charge in [0.2, 0.25) is 0 Å². The van der Waals surface area contributed by atoms with Gasteiger partial charge in [-0.3, -0.25) is 0 Å². The lowest BCUT2D eigenvalue weighted by molar-refractivity contribution is 0.340. The molecule has 0 aromatic heterocycles. The van der Waals surface area contributed by atoms with E-state index in [9.17, 15) is 0 Å². The molecule has 1 rings (SSSR count). The van der Waals surface area contributed by atoms with E-state index in [1.165, 1.54) is 0 Å². The SMILES string of the molecule is CCOc1cc(Cl)c(Cl)c(Br)c1. The molecule has 0 bridgehead atoms. The molecule has 0 radical (unpaired) electrons. The van der Waals surface area contributed by atoms with Crippen LogP contribution in [0.3, 0.4) is 0 Å². The number of hydrogen-bond donors (Lipinski definition) is 0. The summed E-state index contributed by atoms with van der Waals surface area (Å²) in [6, 6.07) is 3.48. The third kappa shape index (κ3) is 2.28. The van der Waals surface area contributed by atoms with Crippen molar-refractivity contribution < 1.29 is 4.74 Å². The average molecular weight is 270 g/mol. The predicted octanol–water partition coefficient (Wildman–Crippen LogP) is 4.15. The maximum Gasteiger partial charge on any atom is 0.121 e. The van der Waals surface area contributed by atoms with E-state index in [2.05, 4.69) is 15.9 Å². The third-order valence-electron chi connectivity index (χ3n) is 1.27. The van der Waals surface area contributed by atoms with E-state index in [0.29, 0.717) is 16.7 Å². The molecule has 0 amide bonds. The van der Waals surface area contributed by atoms with Gasteiger partial charge in [-0.15, -0.1) is 0 Å². The van der Waals surface area contributed by atoms with E-state index < -0.39 is 0 Å². The topological polar surface area (TPSA) is 9.23 Å². The van der Waals surface area contributed by atoms with E-state index in [0.717, 1.165) is 10.2 Å². The van der Waals surface area contributed by atoms with Crippen LogP contribution in [0.5, 0.6) is 5.75 Å². The van der Waals surface area contributed by atoms with Crippen LogP contribution in [-0.2, 0) is 0 Å². The van der Waals surface area contributed by atoms with Gasteiger partial charge < -0.3 is 4.74 Å². The zero-order valence-electron chi connectivity index (χ0n) is 6.40. The highest BCUT2D eigenvalue weighted by atomic mass is 79.9. The summed E-state index contributed by atoms with van der Waals surface area (Å²) in [5, 5.41) is 1.01. The van der Waals surface area contributed by atoms with Gasteiger partial charge >= 0.3 is 0 Å². The minimum Gasteiger partial charge on any atom is -0.494 e. The van der Waals surface area contributed by atoms with E-state index in [-0.39, 0.29) is 0 Å². The van der Waals surface area contributed by atoms with Crippen LogP contribution in [0.4, 0.5) is 0 Å². The van der Waals surface area contributed by atoms with Gasteiger partial charge in [-0.2, -0.15) is 0 Å². The van der Waals surface area contributed by atoms with E-state index >= 15 is 0 Å². The summed E-state index contributed by atoms with van der Waals surface area (Å²) in [6.07, 6.45) is 0. The molecular formula is C8H7BrCl2O. The first kappa shape index (κ1) is 10.2. The van der Waals surface area contributed by atoms with Crippen molar-refractivity contribution in [2.45, 2.75) is 6.92 Å². The summed E-state index contributed by atoms with van der Waals surface area (Å²) in [6.45, 7) is 2.53. The fourth-order valence-electron chi connectivity index (χ4n) is 0.782. The Morgan fingerprint density at radius 1 is 1.42 bits per heavy atom. The molecule has 1 aromatic carbocycles. The number of hydrogen-bond acceptors (Lipinski definition) is 1. The van der Waals surface area contributed by atoms with Gasteiger partial charge in [0.1, 0.15) is 5.75 Å². The summed E-state index contributed by atoms with van der Waals surface area (Å²) >= 11 is 14.9. The van der Waals surface area contributed by atoms with Crippen molar-refractivity contribution in [3.63, 3.8) is 0 Å². The smallest absolute Gasteiger partial charge is 0.121 e. The second-order valence-corrected chi connectivity index (χ2v) is 3.77. The maximum atomic E-state index is 5.82. The fraction of sp³-hybridized carbons (Fsp3) is 0.250. The van der Waals surface area contributed by atoms with Crippen LogP contribution in [0.15, 0.2) is 16.6 Å². The Labute approximate surface area is 89.7 Å². The maximum absolute atomic E-state index is 5.82. The Morgan fingerprint density at radius 2 is 2.08 bits per heavy atom. The molecule has 0 aliphatic heterocycles. The molecule has 0 N–H and O–H groups in total. The first-order valence-corrected chi connectivity index (χ1v) is 4.97. The van der Waals surface area contributed by atoms with E-state index in [4.69, 9.17) is 27.9 Å². The Hall–Kier alpha value is 0.0800. The van der Waals surface area contributed by atoms with Crippen molar-refractivity contribution >= 4 is 39.1 Å². The van der Waals surface area contributed by atoms with Gasteiger partial charge in [0.05, 0.1) is 16.7 Å². The molecule has 0 aliphatic carbocycles. The Morgan fingerprint density at radius 3 is 2.58 bits per heavy atom. The number of halogens is 3. The van der Waals surface area contributed by atoms with Crippen molar-refractivity contribution in [1.82, 2.24) is 0 Å². The Balaban J connectivity index is 3.04. The molecule has 0 spiro atoms. The van der Waals surface area contributed by atoms with Gasteiger partial charge in [0, 0.05) is 10.5 Å². The zero-order valence-corrected chi connectivity index (χ0v) is 9.50. The van der Waals surface area contributed by atoms with Crippen LogP contribution in [0.25, 0.3) is 0 Å². The first-order valence-electron chi connectivity index (χ1n) is 3.42. The highest BCUT2D eigenvalue weighted by molar-refractivity contribution is 9.10. The second-order valence-electron chi connectivity index (χ2n) is 2.13. The summed E-state index contributed by atoms with van der Waals surface area (Å²) in [5.41, 5.74) is 0. The molecule has 0 heterocycles. The van der Waals surface area contributed by atoms with Crippen LogP contribution in [0.2, 0.25) is 10.0 Å². The van der Waals surface area contributed by atoms with Crippen molar-refractivity contribution in [2.24, 2.45) is 0 Å². The Bertz CT molecular complexity index is 265. The van der Waals surface area contributed by atoms with E-state index in [1.807, 2.05) is 6.92 Å². The number of ether oxygens (including phenoxy) is 1. The minimum absolute atomic E-state index is 0.495. The van der Waals surface area contributed by atoms with Crippen LogP contribution >= 0.6 is 39.1 Å². The lowest BCUT2D eigenvalue weighted by atomic mass is 10.3. The minimum atomic E-state index is 0.495. The van der Waals surface area contributed by atoms with Crippen molar-refractivity contribution in [3.8, 4) is 5.75 Å². The predicted molar refractivity (Wildman–Crippen MR) is 55.3 cm³/mol. The van der Waals surface area contributed by atoms with Crippen LogP contribution in [0.1, 0.15) is 6.92 Å². The monoisotopic (exact) mass is 268 g/mol. The largest absolute Gasteiger partial charge is 0.494 e. The molecule has 12 heavy (non-hydrogen) atoms. The molecule has 0 aliphatic rings. The third-order valence-corrected chi connectivity index (χ3v) is 2.92. The van der Waals surface area contributed by atoms with Crippen LogP contribution in [0, 0.1) is 0 Å². The van der Waals surface area contributed by atoms with Gasteiger partial charge in [0.25, 0.3) is 0 Å². The molecule has 0 unspecified atom stereocenters. The summed E-state index contributed by atoms with van der Waals surface area (Å²) < 4.78 is 6.00. The highest BCUT2D eigenvalue weighted by Gasteiger charge is 2.05. The summed E-state index contributed by atoms with van der Waals surface area (Å²) in [7, 11) is 0. The lowest BCUT2D eigenvalue weighted by Gasteiger charge is -2.05. The Kier molecular flexibility index (Phi) is 3.69. The first-order chi connectivity index (χ1) is 5.65. The molecule has 0 fully saturated rings.